The van der Waals surface area contributed by atoms with Crippen LogP contribution in [0.15, 0.2) is 28.8 Å². The average Bonchev–Trinajstić information content (AvgIpc) is 2.86. The third kappa shape index (κ3) is 3.48. The van der Waals surface area contributed by atoms with E-state index in [4.69, 9.17) is 4.52 Å². The molecule has 1 atom stereocenters. The second-order valence-corrected chi connectivity index (χ2v) is 7.58. The standard InChI is InChI=1S/C14H17N3O3S/c1-10-3-2-4-11(7-10)14-16-13(20-17-14)8-12-9-21(18,19)6-5-15-12/h2-4,7,12,15H,5-6,8-9H2,1H3. The minimum atomic E-state index is -2.96. The van der Waals surface area contributed by atoms with Crippen molar-refractivity contribution in [2.75, 3.05) is 18.1 Å². The van der Waals surface area contributed by atoms with Gasteiger partial charge in [0.1, 0.15) is 0 Å². The Hall–Kier alpha value is -1.73. The summed E-state index contributed by atoms with van der Waals surface area (Å²) in [4.78, 5) is 4.35. The number of benzene rings is 1. The monoisotopic (exact) mass is 307 g/mol. The molecule has 1 N–H and O–H groups in total. The molecule has 0 aliphatic carbocycles. The zero-order valence-corrected chi connectivity index (χ0v) is 12.6. The molecule has 0 amide bonds. The maximum absolute atomic E-state index is 11.6. The summed E-state index contributed by atoms with van der Waals surface area (Å²) in [6, 6.07) is 7.69. The summed E-state index contributed by atoms with van der Waals surface area (Å²) in [6.45, 7) is 2.48. The van der Waals surface area contributed by atoms with Crippen molar-refractivity contribution in [3.05, 3.63) is 35.7 Å². The van der Waals surface area contributed by atoms with E-state index in [0.29, 0.717) is 24.7 Å². The van der Waals surface area contributed by atoms with Crippen molar-refractivity contribution in [1.29, 1.82) is 0 Å². The third-order valence-electron chi connectivity index (χ3n) is 3.47. The van der Waals surface area contributed by atoms with Crippen LogP contribution in [0.2, 0.25) is 0 Å². The fourth-order valence-corrected chi connectivity index (χ4v) is 3.89. The fraction of sp³-hybridized carbons (Fsp3) is 0.429. The van der Waals surface area contributed by atoms with Gasteiger partial charge in [-0.25, -0.2) is 8.42 Å². The molecule has 112 valence electrons. The summed E-state index contributed by atoms with van der Waals surface area (Å²) in [6.07, 6.45) is 0.429. The molecular weight excluding hydrogens is 290 g/mol. The number of aromatic nitrogens is 2. The van der Waals surface area contributed by atoms with Crippen molar-refractivity contribution in [1.82, 2.24) is 15.5 Å². The highest BCUT2D eigenvalue weighted by molar-refractivity contribution is 7.91. The fourth-order valence-electron chi connectivity index (χ4n) is 2.45. The molecule has 2 aromatic rings. The van der Waals surface area contributed by atoms with Gasteiger partial charge in [-0.3, -0.25) is 0 Å². The number of hydrogen-bond donors (Lipinski definition) is 1. The molecule has 1 aliphatic heterocycles. The first-order chi connectivity index (χ1) is 10.0. The summed E-state index contributed by atoms with van der Waals surface area (Å²) < 4.78 is 28.5. The molecular formula is C14H17N3O3S. The predicted octanol–water partition coefficient (Wildman–Crippen LogP) is 0.974. The first-order valence-electron chi connectivity index (χ1n) is 6.85. The molecule has 0 radical (unpaired) electrons. The van der Waals surface area contributed by atoms with Gasteiger partial charge in [0.2, 0.25) is 11.7 Å². The van der Waals surface area contributed by atoms with Gasteiger partial charge < -0.3 is 9.84 Å². The predicted molar refractivity (Wildman–Crippen MR) is 78.6 cm³/mol. The van der Waals surface area contributed by atoms with Gasteiger partial charge in [0, 0.05) is 24.6 Å². The van der Waals surface area contributed by atoms with Crippen LogP contribution in [-0.4, -0.2) is 42.7 Å². The third-order valence-corrected chi connectivity index (χ3v) is 5.20. The normalized spacial score (nSPS) is 21.3. The van der Waals surface area contributed by atoms with Crippen LogP contribution in [0.4, 0.5) is 0 Å². The van der Waals surface area contributed by atoms with Crippen LogP contribution in [0, 0.1) is 6.92 Å². The lowest BCUT2D eigenvalue weighted by molar-refractivity contribution is 0.361. The van der Waals surface area contributed by atoms with Crippen molar-refractivity contribution < 1.29 is 12.9 Å². The minimum absolute atomic E-state index is 0.120. The molecule has 0 bridgehead atoms. The highest BCUT2D eigenvalue weighted by atomic mass is 32.2. The van der Waals surface area contributed by atoms with Gasteiger partial charge in [-0.05, 0) is 13.0 Å². The lowest BCUT2D eigenvalue weighted by Crippen LogP contribution is -2.46. The van der Waals surface area contributed by atoms with Gasteiger partial charge in [-0.15, -0.1) is 0 Å². The molecule has 2 heterocycles. The molecule has 1 unspecified atom stereocenters. The molecule has 1 aromatic carbocycles. The molecule has 21 heavy (non-hydrogen) atoms. The van der Waals surface area contributed by atoms with Crippen LogP contribution in [0.5, 0.6) is 0 Å². The Kier molecular flexibility index (Phi) is 3.77. The molecule has 3 rings (SSSR count). The summed E-state index contributed by atoms with van der Waals surface area (Å²) in [5.74, 6) is 1.31. The van der Waals surface area contributed by atoms with E-state index >= 15 is 0 Å². The Morgan fingerprint density at radius 1 is 1.43 bits per heavy atom. The second kappa shape index (κ2) is 5.57. The maximum atomic E-state index is 11.6. The van der Waals surface area contributed by atoms with Gasteiger partial charge in [0.15, 0.2) is 9.84 Å². The number of aryl methyl sites for hydroxylation is 1. The smallest absolute Gasteiger partial charge is 0.228 e. The summed E-state index contributed by atoms with van der Waals surface area (Å²) in [7, 11) is -2.96. The molecule has 1 aliphatic rings. The highest BCUT2D eigenvalue weighted by Crippen LogP contribution is 2.18. The van der Waals surface area contributed by atoms with Gasteiger partial charge in [-0.2, -0.15) is 4.98 Å². The Morgan fingerprint density at radius 2 is 2.29 bits per heavy atom. The minimum Gasteiger partial charge on any atom is -0.339 e. The van der Waals surface area contributed by atoms with Crippen molar-refractivity contribution in [2.24, 2.45) is 0 Å². The van der Waals surface area contributed by atoms with Crippen LogP contribution in [0.3, 0.4) is 0 Å². The van der Waals surface area contributed by atoms with Crippen LogP contribution in [-0.2, 0) is 16.3 Å². The van der Waals surface area contributed by atoms with E-state index in [0.717, 1.165) is 11.1 Å². The first-order valence-corrected chi connectivity index (χ1v) is 8.67. The van der Waals surface area contributed by atoms with Crippen LogP contribution in [0.1, 0.15) is 11.5 Å². The first kappa shape index (κ1) is 14.2. The molecule has 7 heteroatoms. The van der Waals surface area contributed by atoms with E-state index in [9.17, 15) is 8.42 Å². The van der Waals surface area contributed by atoms with E-state index < -0.39 is 9.84 Å². The Bertz CT molecular complexity index is 739. The zero-order valence-electron chi connectivity index (χ0n) is 11.7. The van der Waals surface area contributed by atoms with E-state index in [1.807, 2.05) is 31.2 Å². The van der Waals surface area contributed by atoms with E-state index in [1.165, 1.54) is 0 Å². The van der Waals surface area contributed by atoms with E-state index in [-0.39, 0.29) is 17.5 Å². The van der Waals surface area contributed by atoms with Crippen molar-refractivity contribution in [3.8, 4) is 11.4 Å². The quantitative estimate of drug-likeness (QED) is 0.909. The lowest BCUT2D eigenvalue weighted by atomic mass is 10.1. The van der Waals surface area contributed by atoms with Gasteiger partial charge in [0.25, 0.3) is 0 Å². The molecule has 0 saturated carbocycles. The van der Waals surface area contributed by atoms with Gasteiger partial charge in [0.05, 0.1) is 11.5 Å². The summed E-state index contributed by atoms with van der Waals surface area (Å²) in [5, 5.41) is 7.14. The second-order valence-electron chi connectivity index (χ2n) is 5.35. The van der Waals surface area contributed by atoms with Gasteiger partial charge >= 0.3 is 0 Å². The van der Waals surface area contributed by atoms with E-state index in [1.54, 1.807) is 0 Å². The summed E-state index contributed by atoms with van der Waals surface area (Å²) >= 11 is 0. The summed E-state index contributed by atoms with van der Waals surface area (Å²) in [5.41, 5.74) is 2.02. The topological polar surface area (TPSA) is 85.1 Å². The largest absolute Gasteiger partial charge is 0.339 e. The maximum Gasteiger partial charge on any atom is 0.228 e. The van der Waals surface area contributed by atoms with E-state index in [2.05, 4.69) is 15.5 Å². The van der Waals surface area contributed by atoms with Crippen LogP contribution >= 0.6 is 0 Å². The number of rotatable bonds is 3. The lowest BCUT2D eigenvalue weighted by Gasteiger charge is -2.21. The number of hydrogen-bond acceptors (Lipinski definition) is 6. The van der Waals surface area contributed by atoms with Crippen molar-refractivity contribution in [2.45, 2.75) is 19.4 Å². The SMILES string of the molecule is Cc1cccc(-c2noc(CC3CS(=O)(=O)CCN3)n2)c1. The molecule has 1 saturated heterocycles. The zero-order chi connectivity index (χ0) is 14.9. The number of nitrogens with one attached hydrogen (secondary N) is 1. The van der Waals surface area contributed by atoms with Crippen LogP contribution in [0.25, 0.3) is 11.4 Å². The van der Waals surface area contributed by atoms with Crippen molar-refractivity contribution in [3.63, 3.8) is 0 Å². The highest BCUT2D eigenvalue weighted by Gasteiger charge is 2.26. The van der Waals surface area contributed by atoms with Gasteiger partial charge in [-0.1, -0.05) is 28.9 Å². The Balaban J connectivity index is 1.73. The number of sulfone groups is 1. The number of nitrogens with zero attached hydrogens (tertiary/aromatic N) is 2. The molecule has 1 fully saturated rings. The average molecular weight is 307 g/mol. The Morgan fingerprint density at radius 3 is 3.05 bits per heavy atom. The molecule has 6 nitrogen and oxygen atoms in total. The molecule has 1 aromatic heterocycles. The van der Waals surface area contributed by atoms with Crippen molar-refractivity contribution >= 4 is 9.84 Å². The Labute approximate surface area is 123 Å². The van der Waals surface area contributed by atoms with Crippen LogP contribution < -0.4 is 5.32 Å². The molecule has 0 spiro atoms.